The van der Waals surface area contributed by atoms with E-state index in [1.54, 1.807) is 18.4 Å². The zero-order chi connectivity index (χ0) is 15.6. The third-order valence-corrected chi connectivity index (χ3v) is 4.07. The Morgan fingerprint density at radius 1 is 1.17 bits per heavy atom. The summed E-state index contributed by atoms with van der Waals surface area (Å²) >= 11 is 1.74. The number of aryl methyl sites for hydroxylation is 1. The minimum Gasteiger partial charge on any atom is -0.493 e. The number of nitrogens with zero attached hydrogens (tertiary/aromatic N) is 1. The van der Waals surface area contributed by atoms with Gasteiger partial charge in [0.05, 0.1) is 13.2 Å². The normalized spacial score (nSPS) is 10.8. The van der Waals surface area contributed by atoms with Crippen LogP contribution in [0.3, 0.4) is 0 Å². The maximum Gasteiger partial charge on any atom is 0.191 e. The number of benzene rings is 1. The van der Waals surface area contributed by atoms with E-state index in [0.717, 1.165) is 31.2 Å². The summed E-state index contributed by atoms with van der Waals surface area (Å²) in [5, 5.41) is 8.67. The van der Waals surface area contributed by atoms with Crippen molar-refractivity contribution in [2.45, 2.75) is 19.9 Å². The minimum absolute atomic E-state index is 0. The van der Waals surface area contributed by atoms with Crippen LogP contribution in [-0.4, -0.2) is 26.2 Å². The molecule has 0 unspecified atom stereocenters. The summed E-state index contributed by atoms with van der Waals surface area (Å²) < 4.78 is 5.77. The molecule has 0 saturated carbocycles. The molecule has 23 heavy (non-hydrogen) atoms. The fraction of sp³-hybridized carbons (Fsp3) is 0.353. The molecule has 0 atom stereocenters. The number of guanidine groups is 1. The van der Waals surface area contributed by atoms with E-state index >= 15 is 0 Å². The Morgan fingerprint density at radius 3 is 2.70 bits per heavy atom. The Hall–Kier alpha value is -1.28. The van der Waals surface area contributed by atoms with Gasteiger partial charge < -0.3 is 15.4 Å². The molecule has 0 amide bonds. The first-order chi connectivity index (χ1) is 10.8. The molecule has 0 aliphatic rings. The van der Waals surface area contributed by atoms with Crippen molar-refractivity contribution in [3.63, 3.8) is 0 Å². The quantitative estimate of drug-likeness (QED) is 0.295. The number of halogens is 1. The standard InChI is InChI=1S/C17H23N3OS.HI/c1-14-7-3-4-9-16(14)21-11-6-10-19-17(18-2)20-13-15-8-5-12-22-15;/h3-5,7-9,12H,6,10-11,13H2,1-2H3,(H2,18,19,20);1H. The molecule has 0 fully saturated rings. The van der Waals surface area contributed by atoms with Crippen LogP contribution in [-0.2, 0) is 6.54 Å². The van der Waals surface area contributed by atoms with Crippen molar-refractivity contribution in [3.8, 4) is 5.75 Å². The van der Waals surface area contributed by atoms with Crippen molar-refractivity contribution >= 4 is 41.3 Å². The van der Waals surface area contributed by atoms with Gasteiger partial charge in [0, 0.05) is 18.5 Å². The lowest BCUT2D eigenvalue weighted by Crippen LogP contribution is -2.37. The van der Waals surface area contributed by atoms with Gasteiger partial charge in [-0.3, -0.25) is 4.99 Å². The SMILES string of the molecule is CN=C(NCCCOc1ccccc1C)NCc1cccs1.I. The molecule has 0 aliphatic carbocycles. The monoisotopic (exact) mass is 445 g/mol. The number of rotatable bonds is 7. The molecule has 2 rings (SSSR count). The average Bonchev–Trinajstić information content (AvgIpc) is 3.05. The summed E-state index contributed by atoms with van der Waals surface area (Å²) in [4.78, 5) is 5.51. The van der Waals surface area contributed by atoms with Gasteiger partial charge in [-0.2, -0.15) is 0 Å². The van der Waals surface area contributed by atoms with Crippen molar-refractivity contribution in [2.75, 3.05) is 20.2 Å². The Morgan fingerprint density at radius 2 is 2.00 bits per heavy atom. The highest BCUT2D eigenvalue weighted by Crippen LogP contribution is 2.15. The van der Waals surface area contributed by atoms with Crippen LogP contribution < -0.4 is 15.4 Å². The first-order valence-corrected chi connectivity index (χ1v) is 8.33. The molecule has 0 bridgehead atoms. The highest BCUT2D eigenvalue weighted by Gasteiger charge is 2.00. The molecular weight excluding hydrogens is 421 g/mol. The number of nitrogens with one attached hydrogen (secondary N) is 2. The molecule has 0 radical (unpaired) electrons. The van der Waals surface area contributed by atoms with Crippen LogP contribution in [0.4, 0.5) is 0 Å². The van der Waals surface area contributed by atoms with Gasteiger partial charge in [-0.25, -0.2) is 0 Å². The Bertz CT molecular complexity index is 587. The van der Waals surface area contributed by atoms with Crippen LogP contribution >= 0.6 is 35.3 Å². The topological polar surface area (TPSA) is 45.7 Å². The first kappa shape index (κ1) is 19.8. The molecule has 2 aromatic rings. The van der Waals surface area contributed by atoms with Gasteiger partial charge in [0.15, 0.2) is 5.96 Å². The van der Waals surface area contributed by atoms with Crippen LogP contribution in [0, 0.1) is 6.92 Å². The first-order valence-electron chi connectivity index (χ1n) is 7.45. The zero-order valence-corrected chi connectivity index (χ0v) is 16.7. The van der Waals surface area contributed by atoms with Gasteiger partial charge in [-0.1, -0.05) is 24.3 Å². The lowest BCUT2D eigenvalue weighted by atomic mass is 10.2. The Kier molecular flexibility index (Phi) is 9.70. The summed E-state index contributed by atoms with van der Waals surface area (Å²) in [7, 11) is 1.79. The van der Waals surface area contributed by atoms with E-state index in [2.05, 4.69) is 46.1 Å². The summed E-state index contributed by atoms with van der Waals surface area (Å²) in [5.41, 5.74) is 1.17. The molecule has 6 heteroatoms. The second-order valence-electron chi connectivity index (χ2n) is 4.90. The minimum atomic E-state index is 0. The number of thiophene rings is 1. The number of para-hydroxylation sites is 1. The van der Waals surface area contributed by atoms with Crippen molar-refractivity contribution in [1.29, 1.82) is 0 Å². The van der Waals surface area contributed by atoms with E-state index in [0.29, 0.717) is 6.61 Å². The van der Waals surface area contributed by atoms with Crippen LogP contribution in [0.25, 0.3) is 0 Å². The molecule has 0 saturated heterocycles. The van der Waals surface area contributed by atoms with Gasteiger partial charge in [0.25, 0.3) is 0 Å². The van der Waals surface area contributed by atoms with Crippen LogP contribution in [0.5, 0.6) is 5.75 Å². The summed E-state index contributed by atoms with van der Waals surface area (Å²) in [6.07, 6.45) is 0.925. The molecule has 4 nitrogen and oxygen atoms in total. The summed E-state index contributed by atoms with van der Waals surface area (Å²) in [6.45, 7) is 4.39. The molecule has 0 aliphatic heterocycles. The lowest BCUT2D eigenvalue weighted by molar-refractivity contribution is 0.309. The van der Waals surface area contributed by atoms with Crippen molar-refractivity contribution in [2.24, 2.45) is 4.99 Å². The molecular formula is C17H24IN3OS. The van der Waals surface area contributed by atoms with Crippen molar-refractivity contribution < 1.29 is 4.74 Å². The Labute approximate surface area is 159 Å². The summed E-state index contributed by atoms with van der Waals surface area (Å²) in [6, 6.07) is 12.2. The maximum atomic E-state index is 5.77. The highest BCUT2D eigenvalue weighted by molar-refractivity contribution is 14.0. The molecule has 0 spiro atoms. The summed E-state index contributed by atoms with van der Waals surface area (Å²) in [5.74, 6) is 1.78. The van der Waals surface area contributed by atoms with Gasteiger partial charge in [-0.05, 0) is 36.4 Å². The van der Waals surface area contributed by atoms with Crippen LogP contribution in [0.15, 0.2) is 46.8 Å². The fourth-order valence-electron chi connectivity index (χ4n) is 1.98. The van der Waals surface area contributed by atoms with Crippen LogP contribution in [0.1, 0.15) is 16.9 Å². The average molecular weight is 445 g/mol. The van der Waals surface area contributed by atoms with Gasteiger partial charge in [0.2, 0.25) is 0 Å². The van der Waals surface area contributed by atoms with Gasteiger partial charge in [-0.15, -0.1) is 35.3 Å². The number of hydrogen-bond acceptors (Lipinski definition) is 3. The molecule has 2 N–H and O–H groups in total. The second kappa shape index (κ2) is 11.3. The maximum absolute atomic E-state index is 5.77. The smallest absolute Gasteiger partial charge is 0.191 e. The molecule has 1 aromatic heterocycles. The van der Waals surface area contributed by atoms with Gasteiger partial charge >= 0.3 is 0 Å². The van der Waals surface area contributed by atoms with Crippen molar-refractivity contribution in [3.05, 3.63) is 52.2 Å². The van der Waals surface area contributed by atoms with E-state index in [4.69, 9.17) is 4.74 Å². The van der Waals surface area contributed by atoms with Crippen molar-refractivity contribution in [1.82, 2.24) is 10.6 Å². The van der Waals surface area contributed by atoms with Gasteiger partial charge in [0.1, 0.15) is 5.75 Å². The van der Waals surface area contributed by atoms with Crippen LogP contribution in [0.2, 0.25) is 0 Å². The molecule has 126 valence electrons. The molecule has 1 heterocycles. The number of ether oxygens (including phenoxy) is 1. The highest BCUT2D eigenvalue weighted by atomic mass is 127. The Balaban J connectivity index is 0.00000264. The van der Waals surface area contributed by atoms with E-state index in [1.807, 2.05) is 18.2 Å². The van der Waals surface area contributed by atoms with E-state index in [-0.39, 0.29) is 24.0 Å². The zero-order valence-electron chi connectivity index (χ0n) is 13.5. The lowest BCUT2D eigenvalue weighted by Gasteiger charge is -2.12. The third kappa shape index (κ3) is 7.22. The largest absolute Gasteiger partial charge is 0.493 e. The van der Waals surface area contributed by atoms with E-state index < -0.39 is 0 Å². The molecule has 1 aromatic carbocycles. The van der Waals surface area contributed by atoms with E-state index in [9.17, 15) is 0 Å². The predicted molar refractivity (Wildman–Crippen MR) is 109 cm³/mol. The second-order valence-corrected chi connectivity index (χ2v) is 5.93. The number of aliphatic imine (C=N–C) groups is 1. The third-order valence-electron chi connectivity index (χ3n) is 3.20. The fourth-order valence-corrected chi connectivity index (χ4v) is 2.63. The van der Waals surface area contributed by atoms with E-state index in [1.165, 1.54) is 10.4 Å². The number of hydrogen-bond donors (Lipinski definition) is 2. The predicted octanol–water partition coefficient (Wildman–Crippen LogP) is 3.81.